The maximum absolute atomic E-state index is 12.7. The Morgan fingerprint density at radius 2 is 2.04 bits per heavy atom. The van der Waals surface area contributed by atoms with Gasteiger partial charge in [0.25, 0.3) is 11.5 Å². The fourth-order valence-electron chi connectivity index (χ4n) is 3.23. The number of carbonyl (C=O) groups excluding carboxylic acids is 1. The molecule has 0 fully saturated rings. The zero-order valence-electron chi connectivity index (χ0n) is 14.9. The summed E-state index contributed by atoms with van der Waals surface area (Å²) >= 11 is 0. The molecular weight excluding hydrogens is 330 g/mol. The molecule has 1 atom stereocenters. The van der Waals surface area contributed by atoms with Crippen molar-refractivity contribution < 1.29 is 9.53 Å². The summed E-state index contributed by atoms with van der Waals surface area (Å²) in [5.74, 6) is 0.373. The molecule has 0 bridgehead atoms. The molecule has 2 aromatic heterocycles. The molecule has 0 spiro atoms. The Balaban J connectivity index is 1.67. The maximum atomic E-state index is 12.7. The standard InChI is InChI=1S/C20H19N3O3/c1-11-4-7-17-21-8-15(20(25)23(17)9-11)19(24)22-16-10-26-18-13(3)12(2)5-6-14(16)18/h4-9,16H,10H2,1-3H3,(H,22,24). The van der Waals surface area contributed by atoms with E-state index in [9.17, 15) is 9.59 Å². The van der Waals surface area contributed by atoms with E-state index in [4.69, 9.17) is 4.74 Å². The summed E-state index contributed by atoms with van der Waals surface area (Å²) in [6.45, 7) is 6.26. The molecule has 3 heterocycles. The average Bonchev–Trinajstić information content (AvgIpc) is 3.02. The van der Waals surface area contributed by atoms with Crippen LogP contribution < -0.4 is 15.6 Å². The second-order valence-corrected chi connectivity index (χ2v) is 6.67. The Kier molecular flexibility index (Phi) is 3.76. The molecule has 6 heteroatoms. The lowest BCUT2D eigenvalue weighted by Gasteiger charge is -2.12. The third-order valence-corrected chi connectivity index (χ3v) is 4.88. The van der Waals surface area contributed by atoms with E-state index in [1.54, 1.807) is 12.3 Å². The summed E-state index contributed by atoms with van der Waals surface area (Å²) in [5.41, 5.74) is 4.22. The average molecular weight is 349 g/mol. The van der Waals surface area contributed by atoms with Crippen molar-refractivity contribution >= 4 is 11.6 Å². The Bertz CT molecular complexity index is 1100. The predicted molar refractivity (Wildman–Crippen MR) is 97.8 cm³/mol. The molecule has 132 valence electrons. The Morgan fingerprint density at radius 1 is 1.23 bits per heavy atom. The van der Waals surface area contributed by atoms with Gasteiger partial charge < -0.3 is 10.1 Å². The van der Waals surface area contributed by atoms with Gasteiger partial charge in [-0.2, -0.15) is 0 Å². The lowest BCUT2D eigenvalue weighted by Crippen LogP contribution is -2.34. The number of nitrogens with zero attached hydrogens (tertiary/aromatic N) is 2. The van der Waals surface area contributed by atoms with E-state index in [2.05, 4.69) is 10.3 Å². The van der Waals surface area contributed by atoms with Crippen LogP contribution in [0.1, 0.15) is 38.7 Å². The molecule has 1 aromatic carbocycles. The third-order valence-electron chi connectivity index (χ3n) is 4.88. The summed E-state index contributed by atoms with van der Waals surface area (Å²) in [6, 6.07) is 7.32. The number of hydrogen-bond donors (Lipinski definition) is 1. The lowest BCUT2D eigenvalue weighted by molar-refractivity contribution is 0.0928. The number of rotatable bonds is 2. The minimum Gasteiger partial charge on any atom is -0.490 e. The number of aryl methyl sites for hydroxylation is 2. The summed E-state index contributed by atoms with van der Waals surface area (Å²) in [4.78, 5) is 29.6. The van der Waals surface area contributed by atoms with Crippen LogP contribution in [0.2, 0.25) is 0 Å². The van der Waals surface area contributed by atoms with Crippen LogP contribution in [0, 0.1) is 20.8 Å². The van der Waals surface area contributed by atoms with Gasteiger partial charge in [-0.15, -0.1) is 0 Å². The number of benzene rings is 1. The third kappa shape index (κ3) is 2.54. The van der Waals surface area contributed by atoms with Gasteiger partial charge in [0.2, 0.25) is 0 Å². The van der Waals surface area contributed by atoms with Crippen LogP contribution in [0.3, 0.4) is 0 Å². The Morgan fingerprint density at radius 3 is 2.85 bits per heavy atom. The highest BCUT2D eigenvalue weighted by atomic mass is 16.5. The summed E-state index contributed by atoms with van der Waals surface area (Å²) in [5, 5.41) is 2.90. The predicted octanol–water partition coefficient (Wildman–Crippen LogP) is 2.48. The van der Waals surface area contributed by atoms with E-state index >= 15 is 0 Å². The van der Waals surface area contributed by atoms with Gasteiger partial charge in [-0.1, -0.05) is 18.2 Å². The fourth-order valence-corrected chi connectivity index (χ4v) is 3.23. The van der Waals surface area contributed by atoms with Crippen LogP contribution >= 0.6 is 0 Å². The summed E-state index contributed by atoms with van der Waals surface area (Å²) in [6.07, 6.45) is 3.01. The van der Waals surface area contributed by atoms with Crippen molar-refractivity contribution in [2.45, 2.75) is 26.8 Å². The fraction of sp³-hybridized carbons (Fsp3) is 0.250. The monoisotopic (exact) mass is 349 g/mol. The lowest BCUT2D eigenvalue weighted by atomic mass is 10.0. The van der Waals surface area contributed by atoms with E-state index in [0.717, 1.165) is 28.0 Å². The highest BCUT2D eigenvalue weighted by Crippen LogP contribution is 2.36. The molecule has 6 nitrogen and oxygen atoms in total. The van der Waals surface area contributed by atoms with Crippen molar-refractivity contribution in [3.8, 4) is 5.75 Å². The molecule has 1 amide bonds. The molecule has 0 saturated carbocycles. The van der Waals surface area contributed by atoms with Crippen molar-refractivity contribution in [3.63, 3.8) is 0 Å². The van der Waals surface area contributed by atoms with E-state index < -0.39 is 5.91 Å². The number of fused-ring (bicyclic) bond motifs is 2. The maximum Gasteiger partial charge on any atom is 0.270 e. The molecule has 3 aromatic rings. The van der Waals surface area contributed by atoms with Crippen LogP contribution in [0.25, 0.3) is 5.65 Å². The van der Waals surface area contributed by atoms with Crippen molar-refractivity contribution in [1.29, 1.82) is 0 Å². The molecule has 1 aliphatic rings. The largest absolute Gasteiger partial charge is 0.490 e. The van der Waals surface area contributed by atoms with E-state index in [1.165, 1.54) is 10.6 Å². The number of amides is 1. The number of aromatic nitrogens is 2. The van der Waals surface area contributed by atoms with Crippen LogP contribution in [0.4, 0.5) is 0 Å². The van der Waals surface area contributed by atoms with E-state index in [0.29, 0.717) is 12.3 Å². The van der Waals surface area contributed by atoms with Crippen LogP contribution in [-0.4, -0.2) is 21.9 Å². The van der Waals surface area contributed by atoms with Crippen LogP contribution in [0.15, 0.2) is 41.5 Å². The zero-order chi connectivity index (χ0) is 18.4. The van der Waals surface area contributed by atoms with Gasteiger partial charge in [-0.25, -0.2) is 4.98 Å². The van der Waals surface area contributed by atoms with Gasteiger partial charge >= 0.3 is 0 Å². The zero-order valence-corrected chi connectivity index (χ0v) is 14.9. The first-order valence-corrected chi connectivity index (χ1v) is 8.47. The molecule has 1 aliphatic heterocycles. The first-order chi connectivity index (χ1) is 12.5. The normalized spacial score (nSPS) is 15.6. The van der Waals surface area contributed by atoms with Crippen molar-refractivity contribution in [1.82, 2.24) is 14.7 Å². The van der Waals surface area contributed by atoms with Crippen molar-refractivity contribution in [3.05, 3.63) is 74.8 Å². The smallest absolute Gasteiger partial charge is 0.270 e. The molecule has 4 rings (SSSR count). The number of nitrogens with one attached hydrogen (secondary N) is 1. The van der Waals surface area contributed by atoms with Gasteiger partial charge in [-0.05, 0) is 43.5 Å². The molecule has 0 radical (unpaired) electrons. The first-order valence-electron chi connectivity index (χ1n) is 8.47. The molecule has 0 saturated heterocycles. The number of hydrogen-bond acceptors (Lipinski definition) is 4. The Hall–Kier alpha value is -3.15. The van der Waals surface area contributed by atoms with Gasteiger partial charge in [0, 0.05) is 18.0 Å². The minimum absolute atomic E-state index is 0.0189. The van der Waals surface area contributed by atoms with Gasteiger partial charge in [0.15, 0.2) is 0 Å². The van der Waals surface area contributed by atoms with E-state index in [1.807, 2.05) is 39.0 Å². The van der Waals surface area contributed by atoms with Crippen LogP contribution in [0.5, 0.6) is 5.75 Å². The topological polar surface area (TPSA) is 72.7 Å². The molecule has 1 N–H and O–H groups in total. The second-order valence-electron chi connectivity index (χ2n) is 6.67. The molecule has 0 aliphatic carbocycles. The second kappa shape index (κ2) is 5.98. The first kappa shape index (κ1) is 16.3. The minimum atomic E-state index is -0.446. The highest BCUT2D eigenvalue weighted by molar-refractivity contribution is 5.94. The van der Waals surface area contributed by atoms with E-state index in [-0.39, 0.29) is 17.2 Å². The summed E-state index contributed by atoms with van der Waals surface area (Å²) in [7, 11) is 0. The van der Waals surface area contributed by atoms with Gasteiger partial charge in [0.1, 0.15) is 23.6 Å². The molecule has 26 heavy (non-hydrogen) atoms. The SMILES string of the molecule is Cc1ccc2ncc(C(=O)NC3COc4c3ccc(C)c4C)c(=O)n2c1. The molecule has 1 unspecified atom stereocenters. The Labute approximate surface area is 150 Å². The highest BCUT2D eigenvalue weighted by Gasteiger charge is 2.28. The van der Waals surface area contributed by atoms with Crippen molar-refractivity contribution in [2.24, 2.45) is 0 Å². The quantitative estimate of drug-likeness (QED) is 0.771. The van der Waals surface area contributed by atoms with Crippen molar-refractivity contribution in [2.75, 3.05) is 6.61 Å². The summed E-state index contributed by atoms with van der Waals surface area (Å²) < 4.78 is 7.16. The number of carbonyl (C=O) groups is 1. The molecular formula is C20H19N3O3. The number of ether oxygens (including phenoxy) is 1. The van der Waals surface area contributed by atoms with Gasteiger partial charge in [0.05, 0.1) is 6.04 Å². The van der Waals surface area contributed by atoms with Gasteiger partial charge in [-0.3, -0.25) is 14.0 Å². The number of pyridine rings is 1. The van der Waals surface area contributed by atoms with Crippen LogP contribution in [-0.2, 0) is 0 Å².